The summed E-state index contributed by atoms with van der Waals surface area (Å²) in [4.78, 5) is 16.9. The fraction of sp³-hybridized carbons (Fsp3) is 0.667. The Morgan fingerprint density at radius 3 is 2.28 bits per heavy atom. The highest BCUT2D eigenvalue weighted by Crippen LogP contribution is 2.21. The van der Waals surface area contributed by atoms with Crippen LogP contribution in [-0.4, -0.2) is 54.5 Å². The van der Waals surface area contributed by atoms with E-state index < -0.39 is 0 Å². The SMILES string of the molecule is CCc1ccc(OC2CCN(C(=O)CN3CCC(C)CC3)CC2)cc1. The van der Waals surface area contributed by atoms with Crippen molar-refractivity contribution in [2.45, 2.75) is 52.1 Å². The molecule has 2 fully saturated rings. The molecule has 25 heavy (non-hydrogen) atoms. The molecule has 0 saturated carbocycles. The first-order valence-corrected chi connectivity index (χ1v) is 9.89. The number of rotatable bonds is 5. The van der Waals surface area contributed by atoms with Crippen molar-refractivity contribution in [3.05, 3.63) is 29.8 Å². The van der Waals surface area contributed by atoms with Gasteiger partial charge in [0.25, 0.3) is 0 Å². The van der Waals surface area contributed by atoms with Gasteiger partial charge in [0.1, 0.15) is 11.9 Å². The van der Waals surface area contributed by atoms with Gasteiger partial charge in [-0.25, -0.2) is 0 Å². The molecule has 1 aromatic rings. The van der Waals surface area contributed by atoms with E-state index >= 15 is 0 Å². The van der Waals surface area contributed by atoms with Gasteiger partial charge >= 0.3 is 0 Å². The monoisotopic (exact) mass is 344 g/mol. The van der Waals surface area contributed by atoms with Crippen LogP contribution in [-0.2, 0) is 11.2 Å². The zero-order chi connectivity index (χ0) is 17.6. The van der Waals surface area contributed by atoms with Gasteiger partial charge in [-0.05, 0) is 56.0 Å². The summed E-state index contributed by atoms with van der Waals surface area (Å²) in [6, 6.07) is 8.39. The van der Waals surface area contributed by atoms with E-state index in [1.165, 1.54) is 18.4 Å². The summed E-state index contributed by atoms with van der Waals surface area (Å²) >= 11 is 0. The number of carbonyl (C=O) groups excluding carboxylic acids is 1. The predicted octanol–water partition coefficient (Wildman–Crippen LogP) is 3.35. The molecule has 1 amide bonds. The molecule has 3 rings (SSSR count). The Morgan fingerprint density at radius 2 is 1.68 bits per heavy atom. The zero-order valence-electron chi connectivity index (χ0n) is 15.7. The van der Waals surface area contributed by atoms with E-state index in [0.717, 1.165) is 57.1 Å². The van der Waals surface area contributed by atoms with Gasteiger partial charge in [0, 0.05) is 25.9 Å². The van der Waals surface area contributed by atoms with E-state index in [1.54, 1.807) is 0 Å². The van der Waals surface area contributed by atoms with Crippen molar-refractivity contribution < 1.29 is 9.53 Å². The van der Waals surface area contributed by atoms with E-state index in [4.69, 9.17) is 4.74 Å². The maximum absolute atomic E-state index is 12.5. The molecule has 2 aliphatic rings. The second-order valence-corrected chi connectivity index (χ2v) is 7.65. The Labute approximate surface area is 152 Å². The molecule has 4 heteroatoms. The number of carbonyl (C=O) groups is 1. The third-order valence-electron chi connectivity index (χ3n) is 5.66. The fourth-order valence-corrected chi connectivity index (χ4v) is 3.73. The highest BCUT2D eigenvalue weighted by atomic mass is 16.5. The molecule has 0 aromatic heterocycles. The molecule has 0 radical (unpaired) electrons. The molecule has 0 unspecified atom stereocenters. The Hall–Kier alpha value is -1.55. The maximum Gasteiger partial charge on any atom is 0.236 e. The van der Waals surface area contributed by atoms with Crippen molar-refractivity contribution in [2.75, 3.05) is 32.7 Å². The predicted molar refractivity (Wildman–Crippen MR) is 101 cm³/mol. The first-order chi connectivity index (χ1) is 12.1. The van der Waals surface area contributed by atoms with Crippen LogP contribution in [0.5, 0.6) is 5.75 Å². The second-order valence-electron chi connectivity index (χ2n) is 7.65. The Morgan fingerprint density at radius 1 is 1.04 bits per heavy atom. The summed E-state index contributed by atoms with van der Waals surface area (Å²) in [5, 5.41) is 0. The molecule has 4 nitrogen and oxygen atoms in total. The standard InChI is InChI=1S/C21H32N2O2/c1-3-18-4-6-19(7-5-18)25-20-10-14-23(15-11-20)21(24)16-22-12-8-17(2)9-13-22/h4-7,17,20H,3,8-16H2,1-2H3. The Kier molecular flexibility index (Phi) is 6.35. The van der Waals surface area contributed by atoms with Crippen molar-refractivity contribution >= 4 is 5.91 Å². The van der Waals surface area contributed by atoms with Gasteiger partial charge in [-0.3, -0.25) is 9.69 Å². The minimum atomic E-state index is 0.229. The molecular weight excluding hydrogens is 312 g/mol. The third-order valence-corrected chi connectivity index (χ3v) is 5.66. The summed E-state index contributed by atoms with van der Waals surface area (Å²) in [7, 11) is 0. The molecule has 0 bridgehead atoms. The number of amides is 1. The zero-order valence-corrected chi connectivity index (χ0v) is 15.7. The van der Waals surface area contributed by atoms with Crippen molar-refractivity contribution in [1.82, 2.24) is 9.80 Å². The highest BCUT2D eigenvalue weighted by molar-refractivity contribution is 5.78. The summed E-state index contributed by atoms with van der Waals surface area (Å²) in [6.07, 6.45) is 5.58. The molecule has 138 valence electrons. The smallest absolute Gasteiger partial charge is 0.236 e. The van der Waals surface area contributed by atoms with Gasteiger partial charge in [-0.1, -0.05) is 26.0 Å². The first-order valence-electron chi connectivity index (χ1n) is 9.89. The lowest BCUT2D eigenvalue weighted by molar-refractivity contribution is -0.134. The summed E-state index contributed by atoms with van der Waals surface area (Å²) in [5.74, 6) is 2.05. The quantitative estimate of drug-likeness (QED) is 0.821. The number of aryl methyl sites for hydroxylation is 1. The molecule has 1 aromatic carbocycles. The minimum Gasteiger partial charge on any atom is -0.490 e. The fourth-order valence-electron chi connectivity index (χ4n) is 3.73. The van der Waals surface area contributed by atoms with Crippen LogP contribution in [0.25, 0.3) is 0 Å². The van der Waals surface area contributed by atoms with Gasteiger partial charge in [0.2, 0.25) is 5.91 Å². The average Bonchev–Trinajstić information content (AvgIpc) is 2.65. The molecule has 2 heterocycles. The van der Waals surface area contributed by atoms with Crippen LogP contribution in [0.4, 0.5) is 0 Å². The number of benzene rings is 1. The molecule has 2 aliphatic heterocycles. The third kappa shape index (κ3) is 5.21. The van der Waals surface area contributed by atoms with Gasteiger partial charge in [-0.2, -0.15) is 0 Å². The number of nitrogens with zero attached hydrogens (tertiary/aromatic N) is 2. The normalized spacial score (nSPS) is 20.6. The van der Waals surface area contributed by atoms with Crippen LogP contribution in [0.1, 0.15) is 45.1 Å². The number of piperidine rings is 2. The van der Waals surface area contributed by atoms with Gasteiger partial charge < -0.3 is 9.64 Å². The molecule has 0 spiro atoms. The van der Waals surface area contributed by atoms with Crippen LogP contribution >= 0.6 is 0 Å². The minimum absolute atomic E-state index is 0.229. The van der Waals surface area contributed by atoms with Crippen LogP contribution in [0.15, 0.2) is 24.3 Å². The average molecular weight is 344 g/mol. The summed E-state index contributed by atoms with van der Waals surface area (Å²) < 4.78 is 6.10. The van der Waals surface area contributed by atoms with Crippen LogP contribution in [0.2, 0.25) is 0 Å². The lowest BCUT2D eigenvalue weighted by Gasteiger charge is -2.35. The van der Waals surface area contributed by atoms with Gasteiger partial charge in [-0.15, -0.1) is 0 Å². The molecule has 0 aliphatic carbocycles. The van der Waals surface area contributed by atoms with Crippen LogP contribution < -0.4 is 4.74 Å². The number of hydrogen-bond acceptors (Lipinski definition) is 3. The topological polar surface area (TPSA) is 32.8 Å². The summed E-state index contributed by atoms with van der Waals surface area (Å²) in [5.41, 5.74) is 1.33. The molecule has 0 N–H and O–H groups in total. The van der Waals surface area contributed by atoms with Crippen LogP contribution in [0, 0.1) is 5.92 Å². The number of hydrogen-bond donors (Lipinski definition) is 0. The molecular formula is C21H32N2O2. The van der Waals surface area contributed by atoms with Gasteiger partial charge in [0.15, 0.2) is 0 Å². The van der Waals surface area contributed by atoms with Crippen molar-refractivity contribution in [3.63, 3.8) is 0 Å². The first kappa shape index (κ1) is 18.2. The highest BCUT2D eigenvalue weighted by Gasteiger charge is 2.26. The van der Waals surface area contributed by atoms with E-state index in [9.17, 15) is 4.79 Å². The van der Waals surface area contributed by atoms with E-state index in [1.807, 2.05) is 4.90 Å². The Balaban J connectivity index is 1.41. The molecule has 2 saturated heterocycles. The second kappa shape index (κ2) is 8.70. The van der Waals surface area contributed by atoms with E-state index in [-0.39, 0.29) is 6.10 Å². The summed E-state index contributed by atoms with van der Waals surface area (Å²) in [6.45, 7) is 8.84. The molecule has 0 atom stereocenters. The Bertz CT molecular complexity index is 542. The van der Waals surface area contributed by atoms with Crippen molar-refractivity contribution in [3.8, 4) is 5.75 Å². The van der Waals surface area contributed by atoms with Gasteiger partial charge in [0.05, 0.1) is 6.54 Å². The number of likely N-dealkylation sites (tertiary alicyclic amines) is 2. The maximum atomic E-state index is 12.5. The lowest BCUT2D eigenvalue weighted by Crippen LogP contribution is -2.47. The van der Waals surface area contributed by atoms with Crippen molar-refractivity contribution in [2.24, 2.45) is 5.92 Å². The number of ether oxygens (including phenoxy) is 1. The lowest BCUT2D eigenvalue weighted by atomic mass is 9.99. The van der Waals surface area contributed by atoms with E-state index in [2.05, 4.69) is 43.0 Å². The van der Waals surface area contributed by atoms with Crippen LogP contribution in [0.3, 0.4) is 0 Å². The van der Waals surface area contributed by atoms with E-state index in [0.29, 0.717) is 12.5 Å². The largest absolute Gasteiger partial charge is 0.490 e. The van der Waals surface area contributed by atoms with Crippen molar-refractivity contribution in [1.29, 1.82) is 0 Å².